The van der Waals surface area contributed by atoms with E-state index >= 15 is 0 Å². The smallest absolute Gasteiger partial charge is 0.0755 e. The molecule has 1 spiro atoms. The first-order valence-electron chi connectivity index (χ1n) is 22.5. The Labute approximate surface area is 383 Å². The van der Waals surface area contributed by atoms with Crippen molar-refractivity contribution in [3.63, 3.8) is 0 Å². The molecule has 310 valence electrons. The molecule has 0 bridgehead atoms. The van der Waals surface area contributed by atoms with Gasteiger partial charge in [0, 0.05) is 22.6 Å². The van der Waals surface area contributed by atoms with Crippen LogP contribution in [0.5, 0.6) is 0 Å². The third-order valence-corrected chi connectivity index (χ3v) is 13.3. The first-order chi connectivity index (χ1) is 32.1. The van der Waals surface area contributed by atoms with Gasteiger partial charge in [-0.25, -0.2) is 0 Å². The van der Waals surface area contributed by atoms with E-state index in [9.17, 15) is 0 Å². The Hall–Kier alpha value is -8.20. The third-order valence-electron chi connectivity index (χ3n) is 13.3. The molecule has 0 radical (unpaired) electrons. The Morgan fingerprint density at radius 3 is 1.68 bits per heavy atom. The van der Waals surface area contributed by atoms with Crippen molar-refractivity contribution in [1.29, 1.82) is 0 Å². The van der Waals surface area contributed by atoms with Crippen molar-refractivity contribution in [1.82, 2.24) is 0 Å². The fraction of sp³-hybridized carbons (Fsp3) is 0.0476. The van der Waals surface area contributed by atoms with Gasteiger partial charge in [0.05, 0.1) is 22.5 Å². The highest BCUT2D eigenvalue weighted by molar-refractivity contribution is 6.01. The van der Waals surface area contributed by atoms with Crippen LogP contribution in [0.1, 0.15) is 40.3 Å². The summed E-state index contributed by atoms with van der Waals surface area (Å²) >= 11 is 0. The van der Waals surface area contributed by atoms with Gasteiger partial charge in [-0.2, -0.15) is 0 Å². The van der Waals surface area contributed by atoms with Gasteiger partial charge in [0.25, 0.3) is 0 Å². The summed E-state index contributed by atoms with van der Waals surface area (Å²) in [5, 5.41) is 0. The van der Waals surface area contributed by atoms with Crippen LogP contribution in [0.3, 0.4) is 0 Å². The second-order valence-electron chi connectivity index (χ2n) is 16.8. The van der Waals surface area contributed by atoms with Crippen molar-refractivity contribution in [2.75, 3.05) is 9.80 Å². The van der Waals surface area contributed by atoms with Crippen molar-refractivity contribution in [2.24, 2.45) is 0 Å². The summed E-state index contributed by atoms with van der Waals surface area (Å²) in [6.07, 6.45) is 6.87. The Morgan fingerprint density at radius 2 is 1.03 bits per heavy atom. The molecular formula is C63H48N2. The van der Waals surface area contributed by atoms with Gasteiger partial charge in [0.15, 0.2) is 0 Å². The van der Waals surface area contributed by atoms with Crippen molar-refractivity contribution >= 4 is 39.7 Å². The van der Waals surface area contributed by atoms with Gasteiger partial charge in [0.2, 0.25) is 0 Å². The molecule has 9 aromatic carbocycles. The summed E-state index contributed by atoms with van der Waals surface area (Å²) < 4.78 is 0. The molecule has 2 aliphatic rings. The number of para-hydroxylation sites is 3. The van der Waals surface area contributed by atoms with Crippen molar-refractivity contribution in [3.8, 4) is 33.4 Å². The standard InChI is InChI=1S/C63H48N2/c1-4-20-44(3)51-27-18-28-52(53(51)21-5-2)47-38-42-50(43-39-47)64(49-40-36-46(37-41-49)45-22-8-6-9-23-45)61-35-19-32-58-62(61)54-26-12-13-29-55(54)63(58)56-30-14-16-33-59(56)65(48-24-10-7-11-25-48)60-34-17-15-31-57(60)63/h4-20,22-43H,2-3,21H2,1H3/b20-4-. The zero-order valence-electron chi connectivity index (χ0n) is 36.5. The summed E-state index contributed by atoms with van der Waals surface area (Å²) in [6, 6.07) is 80.2. The molecule has 2 nitrogen and oxygen atoms in total. The Balaban J connectivity index is 1.14. The van der Waals surface area contributed by atoms with Gasteiger partial charge in [-0.1, -0.05) is 189 Å². The minimum Gasteiger partial charge on any atom is -0.310 e. The van der Waals surface area contributed by atoms with E-state index in [4.69, 9.17) is 0 Å². The second kappa shape index (κ2) is 16.5. The topological polar surface area (TPSA) is 6.48 Å². The molecule has 0 aromatic heterocycles. The van der Waals surface area contributed by atoms with Crippen LogP contribution in [-0.4, -0.2) is 0 Å². The molecule has 1 aliphatic heterocycles. The lowest BCUT2D eigenvalue weighted by atomic mass is 9.64. The first kappa shape index (κ1) is 39.6. The zero-order chi connectivity index (χ0) is 43.9. The van der Waals surface area contributed by atoms with Crippen molar-refractivity contribution < 1.29 is 0 Å². The van der Waals surface area contributed by atoms with Crippen molar-refractivity contribution in [3.05, 3.63) is 283 Å². The lowest BCUT2D eigenvalue weighted by Crippen LogP contribution is -2.36. The molecule has 1 heterocycles. The van der Waals surface area contributed by atoms with Crippen molar-refractivity contribution in [2.45, 2.75) is 18.8 Å². The number of anilines is 6. The number of hydrogen-bond acceptors (Lipinski definition) is 2. The lowest BCUT2D eigenvalue weighted by Gasteiger charge is -2.45. The van der Waals surface area contributed by atoms with E-state index in [0.29, 0.717) is 0 Å². The average Bonchev–Trinajstić information content (AvgIpc) is 3.66. The van der Waals surface area contributed by atoms with E-state index in [0.717, 1.165) is 45.9 Å². The van der Waals surface area contributed by atoms with Gasteiger partial charge in [0.1, 0.15) is 0 Å². The number of nitrogens with zero attached hydrogens (tertiary/aromatic N) is 2. The predicted octanol–water partition coefficient (Wildman–Crippen LogP) is 17.0. The van der Waals surface area contributed by atoms with Crippen LogP contribution < -0.4 is 9.80 Å². The number of benzene rings is 9. The number of rotatable bonds is 10. The van der Waals surface area contributed by atoms with Gasteiger partial charge >= 0.3 is 0 Å². The van der Waals surface area contributed by atoms with Gasteiger partial charge in [-0.3, -0.25) is 0 Å². The Morgan fingerprint density at radius 1 is 0.508 bits per heavy atom. The van der Waals surface area contributed by atoms with E-state index in [1.54, 1.807) is 0 Å². The van der Waals surface area contributed by atoms with Crippen LogP contribution in [0.2, 0.25) is 0 Å². The van der Waals surface area contributed by atoms with Gasteiger partial charge in [-0.15, -0.1) is 6.58 Å². The first-order valence-corrected chi connectivity index (χ1v) is 22.5. The summed E-state index contributed by atoms with van der Waals surface area (Å²) in [6.45, 7) is 10.6. The number of allylic oxidation sites excluding steroid dienone is 4. The van der Waals surface area contributed by atoms with Crippen LogP contribution in [0.25, 0.3) is 39.0 Å². The highest BCUT2D eigenvalue weighted by Crippen LogP contribution is 2.65. The lowest BCUT2D eigenvalue weighted by molar-refractivity contribution is 0.752. The minimum absolute atomic E-state index is 0.573. The Bertz CT molecular complexity index is 3220. The van der Waals surface area contributed by atoms with E-state index in [1.807, 2.05) is 19.1 Å². The molecule has 65 heavy (non-hydrogen) atoms. The molecular weight excluding hydrogens is 785 g/mol. The molecule has 0 fully saturated rings. The predicted molar refractivity (Wildman–Crippen MR) is 275 cm³/mol. The molecule has 0 saturated carbocycles. The Kier molecular flexibility index (Phi) is 10.1. The normalized spacial score (nSPS) is 12.9. The molecule has 0 N–H and O–H groups in total. The van der Waals surface area contributed by atoms with Crippen LogP contribution in [0.15, 0.2) is 250 Å². The molecule has 11 rings (SSSR count). The molecule has 1 aliphatic carbocycles. The maximum atomic E-state index is 4.41. The third kappa shape index (κ3) is 6.40. The quantitative estimate of drug-likeness (QED) is 0.100. The maximum absolute atomic E-state index is 4.41. The summed E-state index contributed by atoms with van der Waals surface area (Å²) in [4.78, 5) is 4.90. The monoisotopic (exact) mass is 832 g/mol. The zero-order valence-corrected chi connectivity index (χ0v) is 36.5. The van der Waals surface area contributed by atoms with E-state index in [-0.39, 0.29) is 0 Å². The SMILES string of the molecule is C=CCc1c(C(=C)/C=C\C)cccc1-c1ccc(N(c2ccc(-c3ccccc3)cc2)c2cccc3c2-c2ccccc2C32c3ccccc3N(c3ccccc3)c3ccccc32)cc1. The fourth-order valence-corrected chi connectivity index (χ4v) is 10.6. The molecule has 2 heteroatoms. The number of hydrogen-bond donors (Lipinski definition) is 0. The molecule has 0 saturated heterocycles. The molecule has 0 atom stereocenters. The van der Waals surface area contributed by atoms with Gasteiger partial charge in [-0.05, 0) is 135 Å². The largest absolute Gasteiger partial charge is 0.310 e. The average molecular weight is 833 g/mol. The molecule has 0 unspecified atom stereocenters. The van der Waals surface area contributed by atoms with Crippen LogP contribution >= 0.6 is 0 Å². The maximum Gasteiger partial charge on any atom is 0.0755 e. The fourth-order valence-electron chi connectivity index (χ4n) is 10.6. The molecule has 0 amide bonds. The molecule has 9 aromatic rings. The summed E-state index contributed by atoms with van der Waals surface area (Å²) in [7, 11) is 0. The summed E-state index contributed by atoms with van der Waals surface area (Å²) in [5.41, 5.74) is 21.9. The van der Waals surface area contributed by atoms with E-state index in [1.165, 1.54) is 67.0 Å². The summed E-state index contributed by atoms with van der Waals surface area (Å²) in [5.74, 6) is 0. The van der Waals surface area contributed by atoms with Crippen LogP contribution in [-0.2, 0) is 11.8 Å². The van der Waals surface area contributed by atoms with E-state index in [2.05, 4.69) is 247 Å². The number of fused-ring (bicyclic) bond motifs is 9. The van der Waals surface area contributed by atoms with Crippen LogP contribution in [0.4, 0.5) is 34.1 Å². The van der Waals surface area contributed by atoms with E-state index < -0.39 is 5.41 Å². The minimum atomic E-state index is -0.573. The second-order valence-corrected chi connectivity index (χ2v) is 16.8. The highest BCUT2D eigenvalue weighted by Gasteiger charge is 2.52. The highest BCUT2D eigenvalue weighted by atomic mass is 15.2. The van der Waals surface area contributed by atoms with Crippen LogP contribution in [0, 0.1) is 0 Å². The van der Waals surface area contributed by atoms with Gasteiger partial charge < -0.3 is 9.80 Å².